The van der Waals surface area contributed by atoms with Gasteiger partial charge in [0.2, 0.25) is 0 Å². The van der Waals surface area contributed by atoms with Crippen LogP contribution in [0, 0.1) is 0 Å². The summed E-state index contributed by atoms with van der Waals surface area (Å²) in [5, 5.41) is 9.63. The Hall–Kier alpha value is -1.83. The fourth-order valence-electron chi connectivity index (χ4n) is 1.85. The summed E-state index contributed by atoms with van der Waals surface area (Å²) < 4.78 is 10.4. The Morgan fingerprint density at radius 1 is 0.917 bits per heavy atom. The number of carbonyl (C=O) groups excluding carboxylic acids is 2. The van der Waals surface area contributed by atoms with E-state index in [0.29, 0.717) is 11.3 Å². The number of nitrogens with two attached hydrogens (primary N) is 1. The van der Waals surface area contributed by atoms with Crippen LogP contribution in [0.4, 0.5) is 9.59 Å². The van der Waals surface area contributed by atoms with Crippen molar-refractivity contribution in [1.82, 2.24) is 4.90 Å². The minimum absolute atomic E-state index is 0.0165. The number of nitrogens with zero attached hydrogens (tertiary/aromatic N) is 1. The molecule has 2 amide bonds. The molecule has 0 spiro atoms. The summed E-state index contributed by atoms with van der Waals surface area (Å²) in [5.74, 6) is -1.34. The molecule has 8 nitrogen and oxygen atoms in total. The third-order valence-corrected chi connectivity index (χ3v) is 2.97. The van der Waals surface area contributed by atoms with Crippen molar-refractivity contribution in [3.05, 3.63) is 0 Å². The van der Waals surface area contributed by atoms with Crippen LogP contribution in [0.25, 0.3) is 0 Å². The number of imide groups is 1. The van der Waals surface area contributed by atoms with Gasteiger partial charge in [-0.1, -0.05) is 0 Å². The molecule has 0 saturated carbocycles. The Bertz CT molecular complexity index is 450. The van der Waals surface area contributed by atoms with E-state index in [1.165, 1.54) is 6.92 Å². The van der Waals surface area contributed by atoms with E-state index in [1.54, 1.807) is 41.5 Å². The monoisotopic (exact) mass is 346 g/mol. The molecule has 140 valence electrons. The van der Waals surface area contributed by atoms with Gasteiger partial charge in [0.15, 0.2) is 5.54 Å². The molecule has 0 aromatic heterocycles. The van der Waals surface area contributed by atoms with Crippen LogP contribution in [0.1, 0.15) is 61.3 Å². The molecular formula is C16H30N2O6. The van der Waals surface area contributed by atoms with Crippen molar-refractivity contribution < 1.29 is 29.0 Å². The molecule has 0 heterocycles. The molecule has 0 aromatic rings. The number of carbonyl (C=O) groups is 3. The highest BCUT2D eigenvalue weighted by Crippen LogP contribution is 2.27. The predicted octanol–water partition coefficient (Wildman–Crippen LogP) is 2.74. The van der Waals surface area contributed by atoms with Crippen LogP contribution in [-0.2, 0) is 14.3 Å². The van der Waals surface area contributed by atoms with Gasteiger partial charge in [-0.25, -0.2) is 14.4 Å². The third-order valence-electron chi connectivity index (χ3n) is 2.97. The second-order valence-electron chi connectivity index (χ2n) is 7.77. The molecule has 3 N–H and O–H groups in total. The maximum atomic E-state index is 12.5. The number of hydrogen-bond acceptors (Lipinski definition) is 6. The van der Waals surface area contributed by atoms with Gasteiger partial charge in [-0.3, -0.25) is 0 Å². The molecule has 0 fully saturated rings. The summed E-state index contributed by atoms with van der Waals surface area (Å²) in [6.45, 7) is 11.2. The first-order valence-electron chi connectivity index (χ1n) is 7.84. The van der Waals surface area contributed by atoms with E-state index in [2.05, 4.69) is 0 Å². The van der Waals surface area contributed by atoms with Crippen LogP contribution in [0.5, 0.6) is 0 Å². The second-order valence-corrected chi connectivity index (χ2v) is 7.77. The molecule has 8 heteroatoms. The molecule has 1 unspecified atom stereocenters. The zero-order valence-corrected chi connectivity index (χ0v) is 15.6. The first-order valence-corrected chi connectivity index (χ1v) is 7.84. The fourth-order valence-corrected chi connectivity index (χ4v) is 1.85. The van der Waals surface area contributed by atoms with E-state index in [0.717, 1.165) is 0 Å². The number of carboxylic acid groups (broad SMARTS) is 1. The Morgan fingerprint density at radius 2 is 1.29 bits per heavy atom. The van der Waals surface area contributed by atoms with Crippen LogP contribution in [0.15, 0.2) is 0 Å². The normalized spacial score (nSPS) is 14.5. The van der Waals surface area contributed by atoms with Gasteiger partial charge in [0.25, 0.3) is 0 Å². The standard InChI is InChI=1S/C16H30N2O6/c1-14(2,3)23-12(21)18(13(22)24-15(4,5)6)16(7,11(19)20)9-8-10-17/h8-10,17H2,1-7H3,(H,19,20). The van der Waals surface area contributed by atoms with E-state index in [1.807, 2.05) is 0 Å². The Morgan fingerprint density at radius 3 is 1.54 bits per heavy atom. The lowest BCUT2D eigenvalue weighted by molar-refractivity contribution is -0.150. The maximum Gasteiger partial charge on any atom is 0.420 e. The largest absolute Gasteiger partial charge is 0.479 e. The highest BCUT2D eigenvalue weighted by atomic mass is 16.6. The van der Waals surface area contributed by atoms with Gasteiger partial charge in [0, 0.05) is 0 Å². The number of aliphatic carboxylic acids is 1. The highest BCUT2D eigenvalue weighted by Gasteiger charge is 2.49. The topological polar surface area (TPSA) is 119 Å². The number of amides is 2. The third kappa shape index (κ3) is 6.74. The van der Waals surface area contributed by atoms with Gasteiger partial charge in [-0.15, -0.1) is 0 Å². The maximum absolute atomic E-state index is 12.5. The van der Waals surface area contributed by atoms with E-state index < -0.39 is 34.9 Å². The van der Waals surface area contributed by atoms with Crippen molar-refractivity contribution in [2.24, 2.45) is 5.73 Å². The van der Waals surface area contributed by atoms with Crippen molar-refractivity contribution in [3.63, 3.8) is 0 Å². The quantitative estimate of drug-likeness (QED) is 0.785. The summed E-state index contributed by atoms with van der Waals surface area (Å²) in [6, 6.07) is 0. The Labute approximate surface area is 143 Å². The Balaban J connectivity index is 5.86. The summed E-state index contributed by atoms with van der Waals surface area (Å²) >= 11 is 0. The predicted molar refractivity (Wildman–Crippen MR) is 88.6 cm³/mol. The van der Waals surface area contributed by atoms with Crippen molar-refractivity contribution in [2.75, 3.05) is 6.54 Å². The molecule has 0 aliphatic carbocycles. The molecule has 1 atom stereocenters. The lowest BCUT2D eigenvalue weighted by atomic mass is 9.94. The molecule has 0 aliphatic rings. The summed E-state index contributed by atoms with van der Waals surface area (Å²) in [5.41, 5.74) is 1.82. The van der Waals surface area contributed by atoms with Crippen LogP contribution in [-0.4, -0.2) is 51.4 Å². The zero-order valence-electron chi connectivity index (χ0n) is 15.6. The molecule has 0 radical (unpaired) electrons. The smallest absolute Gasteiger partial charge is 0.420 e. The van der Waals surface area contributed by atoms with Gasteiger partial charge < -0.3 is 20.3 Å². The van der Waals surface area contributed by atoms with E-state index in [9.17, 15) is 19.5 Å². The van der Waals surface area contributed by atoms with Gasteiger partial charge in [0.1, 0.15) is 11.2 Å². The second kappa shape index (κ2) is 7.83. The fraction of sp³-hybridized carbons (Fsp3) is 0.812. The van der Waals surface area contributed by atoms with Crippen molar-refractivity contribution in [1.29, 1.82) is 0 Å². The first kappa shape index (κ1) is 22.2. The Kier molecular flexibility index (Phi) is 7.23. The average Bonchev–Trinajstić information content (AvgIpc) is 2.31. The summed E-state index contributed by atoms with van der Waals surface area (Å²) in [4.78, 5) is 37.4. The SMILES string of the molecule is CC(C)(C)OC(=O)N(C(=O)OC(C)(C)C)C(C)(CCCN)C(=O)O. The molecular weight excluding hydrogens is 316 g/mol. The van der Waals surface area contributed by atoms with E-state index in [-0.39, 0.29) is 13.0 Å². The lowest BCUT2D eigenvalue weighted by Gasteiger charge is -2.37. The van der Waals surface area contributed by atoms with Crippen LogP contribution in [0.3, 0.4) is 0 Å². The number of carboxylic acids is 1. The van der Waals surface area contributed by atoms with Gasteiger partial charge in [-0.05, 0) is 67.9 Å². The van der Waals surface area contributed by atoms with Crippen LogP contribution < -0.4 is 5.73 Å². The average molecular weight is 346 g/mol. The van der Waals surface area contributed by atoms with Gasteiger partial charge >= 0.3 is 18.2 Å². The lowest BCUT2D eigenvalue weighted by Crippen LogP contribution is -2.59. The van der Waals surface area contributed by atoms with Crippen molar-refractivity contribution >= 4 is 18.2 Å². The van der Waals surface area contributed by atoms with Crippen molar-refractivity contribution in [3.8, 4) is 0 Å². The molecule has 0 aromatic carbocycles. The molecule has 0 aliphatic heterocycles. The van der Waals surface area contributed by atoms with Gasteiger partial charge in [0.05, 0.1) is 0 Å². The molecule has 0 saturated heterocycles. The zero-order chi connectivity index (χ0) is 19.3. The summed E-state index contributed by atoms with van der Waals surface area (Å²) in [7, 11) is 0. The van der Waals surface area contributed by atoms with E-state index >= 15 is 0 Å². The minimum Gasteiger partial charge on any atom is -0.479 e. The van der Waals surface area contributed by atoms with Crippen molar-refractivity contribution in [2.45, 2.75) is 78.0 Å². The van der Waals surface area contributed by atoms with Gasteiger partial charge in [-0.2, -0.15) is 4.90 Å². The summed E-state index contributed by atoms with van der Waals surface area (Å²) in [6.07, 6.45) is -1.85. The molecule has 0 bridgehead atoms. The minimum atomic E-state index is -1.83. The number of rotatable bonds is 5. The van der Waals surface area contributed by atoms with Crippen LogP contribution in [0.2, 0.25) is 0 Å². The molecule has 24 heavy (non-hydrogen) atoms. The molecule has 0 rings (SSSR count). The number of hydrogen-bond donors (Lipinski definition) is 2. The highest BCUT2D eigenvalue weighted by molar-refractivity contribution is 5.95. The van der Waals surface area contributed by atoms with Crippen LogP contribution >= 0.6 is 0 Å². The first-order chi connectivity index (χ1) is 10.6. The number of ether oxygens (including phenoxy) is 2. The van der Waals surface area contributed by atoms with E-state index in [4.69, 9.17) is 15.2 Å².